The third-order valence-corrected chi connectivity index (χ3v) is 5.89. The fourth-order valence-electron chi connectivity index (χ4n) is 4.42. The number of benzene rings is 1. The van der Waals surface area contributed by atoms with E-state index in [0.717, 1.165) is 22.2 Å². The summed E-state index contributed by atoms with van der Waals surface area (Å²) in [6.45, 7) is 7.59. The summed E-state index contributed by atoms with van der Waals surface area (Å²) in [6.07, 6.45) is -0.213. The van der Waals surface area contributed by atoms with Crippen molar-refractivity contribution in [1.82, 2.24) is 9.55 Å². The lowest BCUT2D eigenvalue weighted by Gasteiger charge is -2.24. The number of nitrogens with zero attached hydrogens (tertiary/aromatic N) is 2. The van der Waals surface area contributed by atoms with Crippen molar-refractivity contribution in [3.05, 3.63) is 57.4 Å². The van der Waals surface area contributed by atoms with Crippen LogP contribution in [0, 0.1) is 0 Å². The third-order valence-electron chi connectivity index (χ3n) is 5.89. The minimum absolute atomic E-state index is 0.000886. The zero-order chi connectivity index (χ0) is 23.5. The van der Waals surface area contributed by atoms with Crippen molar-refractivity contribution in [1.29, 1.82) is 0 Å². The van der Waals surface area contributed by atoms with Crippen LogP contribution in [0.15, 0.2) is 35.1 Å². The van der Waals surface area contributed by atoms with E-state index in [0.29, 0.717) is 35.5 Å². The van der Waals surface area contributed by atoms with Gasteiger partial charge in [-0.3, -0.25) is 9.59 Å². The summed E-state index contributed by atoms with van der Waals surface area (Å²) in [5.74, 6) is -0.385. The number of aromatic nitrogens is 2. The number of hydrogen-bond acceptors (Lipinski definition) is 7. The SMILES string of the molecule is CC[C@H]1C(=O)OCc2c1cc1n(c2=O)Cc2cc3cc(OC(=O)OC(C)(C)C)ccc3nc2-1. The smallest absolute Gasteiger partial charge is 0.460 e. The molecule has 2 aliphatic rings. The van der Waals surface area contributed by atoms with Crippen LogP contribution in [-0.2, 0) is 27.4 Å². The summed E-state index contributed by atoms with van der Waals surface area (Å²) in [7, 11) is 0. The van der Waals surface area contributed by atoms with Crippen molar-refractivity contribution in [3.63, 3.8) is 0 Å². The van der Waals surface area contributed by atoms with E-state index in [4.69, 9.17) is 19.2 Å². The summed E-state index contributed by atoms with van der Waals surface area (Å²) in [6, 6.07) is 9.01. The maximum Gasteiger partial charge on any atom is 0.514 e. The van der Waals surface area contributed by atoms with E-state index in [1.165, 1.54) is 0 Å². The molecule has 0 unspecified atom stereocenters. The Hall–Kier alpha value is -3.68. The van der Waals surface area contributed by atoms with Gasteiger partial charge in [0.25, 0.3) is 5.56 Å². The Morgan fingerprint density at radius 2 is 2.00 bits per heavy atom. The van der Waals surface area contributed by atoms with Gasteiger partial charge in [-0.25, -0.2) is 9.78 Å². The minimum atomic E-state index is -0.775. The topological polar surface area (TPSA) is 96.7 Å². The first-order chi connectivity index (χ1) is 15.6. The zero-order valence-corrected chi connectivity index (χ0v) is 18.9. The zero-order valence-electron chi connectivity index (χ0n) is 18.9. The van der Waals surface area contributed by atoms with Crippen molar-refractivity contribution in [2.45, 2.75) is 58.8 Å². The number of fused-ring (bicyclic) bond motifs is 5. The molecule has 0 amide bonds. The summed E-state index contributed by atoms with van der Waals surface area (Å²) in [4.78, 5) is 42.2. The highest BCUT2D eigenvalue weighted by atomic mass is 16.7. The predicted octanol–water partition coefficient (Wildman–Crippen LogP) is 4.29. The fraction of sp³-hybridized carbons (Fsp3) is 0.360. The molecular weight excluding hydrogens is 424 g/mol. The van der Waals surface area contributed by atoms with Crippen LogP contribution >= 0.6 is 0 Å². The average Bonchev–Trinajstić information content (AvgIpc) is 3.08. The van der Waals surface area contributed by atoms with Crippen LogP contribution in [0.25, 0.3) is 22.3 Å². The molecule has 0 radical (unpaired) electrons. The molecule has 0 saturated heterocycles. The number of carbonyl (C=O) groups is 2. The lowest BCUT2D eigenvalue weighted by molar-refractivity contribution is -0.148. The number of cyclic esters (lactones) is 1. The average molecular weight is 448 g/mol. The Morgan fingerprint density at radius 3 is 2.73 bits per heavy atom. The molecule has 0 aliphatic carbocycles. The van der Waals surface area contributed by atoms with Gasteiger partial charge in [-0.2, -0.15) is 0 Å². The van der Waals surface area contributed by atoms with E-state index in [1.54, 1.807) is 43.5 Å². The van der Waals surface area contributed by atoms with E-state index < -0.39 is 17.7 Å². The van der Waals surface area contributed by atoms with Crippen molar-refractivity contribution in [2.24, 2.45) is 0 Å². The predicted molar refractivity (Wildman–Crippen MR) is 120 cm³/mol. The second-order valence-electron chi connectivity index (χ2n) is 9.34. The van der Waals surface area contributed by atoms with Gasteiger partial charge in [0.2, 0.25) is 0 Å². The lowest BCUT2D eigenvalue weighted by Crippen LogP contribution is -2.32. The number of hydrogen-bond donors (Lipinski definition) is 0. The number of rotatable bonds is 2. The molecule has 2 aromatic heterocycles. The molecule has 1 aromatic carbocycles. The van der Waals surface area contributed by atoms with Gasteiger partial charge in [0.15, 0.2) is 0 Å². The summed E-state index contributed by atoms with van der Waals surface area (Å²) in [5.41, 5.74) is 3.49. The van der Waals surface area contributed by atoms with Crippen molar-refractivity contribution in [3.8, 4) is 17.1 Å². The molecular formula is C25H24N2O6. The maximum atomic E-state index is 13.2. The third kappa shape index (κ3) is 3.65. The van der Waals surface area contributed by atoms with Crippen LogP contribution in [0.4, 0.5) is 4.79 Å². The van der Waals surface area contributed by atoms with Crippen LogP contribution in [0.1, 0.15) is 56.7 Å². The minimum Gasteiger partial charge on any atom is -0.460 e. The number of ether oxygens (including phenoxy) is 3. The molecule has 4 heterocycles. The Labute approximate surface area is 190 Å². The van der Waals surface area contributed by atoms with Crippen LogP contribution in [-0.4, -0.2) is 27.3 Å². The van der Waals surface area contributed by atoms with Gasteiger partial charge < -0.3 is 18.8 Å². The van der Waals surface area contributed by atoms with E-state index in [-0.39, 0.29) is 18.1 Å². The summed E-state index contributed by atoms with van der Waals surface area (Å²) in [5, 5.41) is 0.783. The van der Waals surface area contributed by atoms with Gasteiger partial charge in [-0.1, -0.05) is 6.92 Å². The second-order valence-corrected chi connectivity index (χ2v) is 9.34. The highest BCUT2D eigenvalue weighted by molar-refractivity contribution is 5.86. The van der Waals surface area contributed by atoms with Gasteiger partial charge in [-0.05, 0) is 63.1 Å². The standard InChI is InChI=1S/C25H24N2O6/c1-5-16-17-10-20-21-14(11-27(20)22(28)18(17)12-31-23(16)29)8-13-9-15(6-7-19(13)26-21)32-24(30)33-25(2,3)4/h6-10,16H,5,11-12H2,1-4H3/t16-/m1/s1. The molecule has 8 heteroatoms. The summed E-state index contributed by atoms with van der Waals surface area (Å²) < 4.78 is 17.4. The Bertz CT molecular complexity index is 1380. The van der Waals surface area contributed by atoms with E-state index in [2.05, 4.69) is 0 Å². The van der Waals surface area contributed by atoms with Crippen molar-refractivity contribution < 1.29 is 23.8 Å². The first-order valence-electron chi connectivity index (χ1n) is 10.9. The Kier molecular flexibility index (Phi) is 4.77. The van der Waals surface area contributed by atoms with Gasteiger partial charge >= 0.3 is 12.1 Å². The quantitative estimate of drug-likeness (QED) is 0.333. The molecule has 0 bridgehead atoms. The van der Waals surface area contributed by atoms with Gasteiger partial charge in [0.05, 0.1) is 34.9 Å². The first kappa shape index (κ1) is 21.2. The lowest BCUT2D eigenvalue weighted by atomic mass is 9.90. The van der Waals surface area contributed by atoms with Gasteiger partial charge in [0, 0.05) is 10.9 Å². The maximum absolute atomic E-state index is 13.2. The Balaban J connectivity index is 1.54. The molecule has 2 aliphatic heterocycles. The first-order valence-corrected chi connectivity index (χ1v) is 10.9. The largest absolute Gasteiger partial charge is 0.514 e. The molecule has 170 valence electrons. The molecule has 0 fully saturated rings. The molecule has 0 saturated carbocycles. The molecule has 3 aromatic rings. The van der Waals surface area contributed by atoms with E-state index in [1.807, 2.05) is 19.1 Å². The second kappa shape index (κ2) is 7.43. The van der Waals surface area contributed by atoms with Crippen LogP contribution in [0.2, 0.25) is 0 Å². The van der Waals surface area contributed by atoms with Gasteiger partial charge in [0.1, 0.15) is 18.0 Å². The number of pyridine rings is 2. The highest BCUT2D eigenvalue weighted by Gasteiger charge is 2.34. The van der Waals surface area contributed by atoms with Crippen LogP contribution in [0.3, 0.4) is 0 Å². The number of esters is 1. The molecule has 1 atom stereocenters. The van der Waals surface area contributed by atoms with E-state index in [9.17, 15) is 14.4 Å². The number of carbonyl (C=O) groups excluding carboxylic acids is 2. The molecule has 0 spiro atoms. The normalized spacial score (nSPS) is 16.6. The van der Waals surface area contributed by atoms with Crippen molar-refractivity contribution >= 4 is 23.0 Å². The van der Waals surface area contributed by atoms with Crippen molar-refractivity contribution in [2.75, 3.05) is 0 Å². The van der Waals surface area contributed by atoms with Gasteiger partial charge in [-0.15, -0.1) is 0 Å². The van der Waals surface area contributed by atoms with Crippen LogP contribution < -0.4 is 10.3 Å². The molecule has 8 nitrogen and oxygen atoms in total. The molecule has 0 N–H and O–H groups in total. The molecule has 5 rings (SSSR count). The summed E-state index contributed by atoms with van der Waals surface area (Å²) >= 11 is 0. The highest BCUT2D eigenvalue weighted by Crippen LogP contribution is 2.37. The fourth-order valence-corrected chi connectivity index (χ4v) is 4.42. The Morgan fingerprint density at radius 1 is 1.21 bits per heavy atom. The molecule has 33 heavy (non-hydrogen) atoms. The monoisotopic (exact) mass is 448 g/mol. The van der Waals surface area contributed by atoms with E-state index >= 15 is 0 Å². The van der Waals surface area contributed by atoms with Crippen LogP contribution in [0.5, 0.6) is 5.75 Å².